The second kappa shape index (κ2) is 99.4. The summed E-state index contributed by atoms with van der Waals surface area (Å²) < 4.78 is 0. The molecule has 0 spiro atoms. The van der Waals surface area contributed by atoms with Gasteiger partial charge < -0.3 is 0 Å². The molecule has 9 fully saturated rings. The molecule has 0 bridgehead atoms. The predicted molar refractivity (Wildman–Crippen MR) is 359 cm³/mol. The molecule has 9 aliphatic rings. The van der Waals surface area contributed by atoms with Gasteiger partial charge in [-0.05, 0) is 0 Å². The average Bonchev–Trinajstić information content (AvgIpc) is 4.32. The smallest absolute Gasteiger partial charge is 0.0533 e. The molecule has 0 saturated heterocycles. The van der Waals surface area contributed by atoms with Crippen molar-refractivity contribution in [2.75, 3.05) is 0 Å². The van der Waals surface area contributed by atoms with E-state index in [4.69, 9.17) is 0 Å². The standard InChI is InChI=1S/9C7H14.6C2H6/c9*1-2-4-6-7-5-3-1;6*1-2/h9*1-7H2;6*1-2H3. The molecule has 0 aromatic heterocycles. The molecule has 0 N–H and O–H groups in total. The van der Waals surface area contributed by atoms with Gasteiger partial charge in [0.2, 0.25) is 0 Å². The second-order valence-corrected chi connectivity index (χ2v) is 22.3. The highest BCUT2D eigenvalue weighted by Gasteiger charge is 2.01. The van der Waals surface area contributed by atoms with Crippen molar-refractivity contribution in [2.45, 2.75) is 488 Å². The van der Waals surface area contributed by atoms with Crippen LogP contribution in [-0.4, -0.2) is 0 Å². The third-order valence-corrected chi connectivity index (χ3v) is 15.7. The summed E-state index contributed by atoms with van der Waals surface area (Å²) in [6.07, 6.45) is 94.5. The first-order chi connectivity index (χ1) is 37.5. The fourth-order valence-corrected chi connectivity index (χ4v) is 11.1. The van der Waals surface area contributed by atoms with E-state index in [-0.39, 0.29) is 0 Å². The van der Waals surface area contributed by atoms with Crippen molar-refractivity contribution < 1.29 is 0 Å². The minimum absolute atomic E-state index is 1.50. The van der Waals surface area contributed by atoms with Gasteiger partial charge in [0.25, 0.3) is 0 Å². The number of rotatable bonds is 0. The molecule has 0 unspecified atom stereocenters. The Labute approximate surface area is 485 Å². The molecule has 9 saturated carbocycles. The molecule has 0 heteroatoms. The van der Waals surface area contributed by atoms with Crippen LogP contribution >= 0.6 is 0 Å². The maximum atomic E-state index is 2.00. The van der Waals surface area contributed by atoms with Crippen LogP contribution in [0.1, 0.15) is 488 Å². The molecule has 9 aliphatic carbocycles. The van der Waals surface area contributed by atoms with E-state index in [1.165, 1.54) is 405 Å². The maximum Gasteiger partial charge on any atom is -0.0533 e. The topological polar surface area (TPSA) is 0 Å². The quantitative estimate of drug-likeness (QED) is 0.212. The Morgan fingerprint density at radius 3 is 0.0800 bits per heavy atom. The zero-order valence-electron chi connectivity index (χ0n) is 56.5. The van der Waals surface area contributed by atoms with E-state index in [1.54, 1.807) is 0 Å². The summed E-state index contributed by atoms with van der Waals surface area (Å²) in [6, 6.07) is 0. The molecule has 0 heterocycles. The van der Waals surface area contributed by atoms with Gasteiger partial charge in [0.1, 0.15) is 0 Å². The lowest BCUT2D eigenvalue weighted by molar-refractivity contribution is 0.702. The zero-order chi connectivity index (χ0) is 56.5. The molecule has 0 amide bonds. The van der Waals surface area contributed by atoms with E-state index in [0.717, 1.165) is 0 Å². The van der Waals surface area contributed by atoms with Crippen molar-refractivity contribution >= 4 is 0 Å². The van der Waals surface area contributed by atoms with E-state index >= 15 is 0 Å². The highest BCUT2D eigenvalue weighted by molar-refractivity contribution is 4.56. The van der Waals surface area contributed by atoms with Crippen molar-refractivity contribution in [3.63, 3.8) is 0 Å². The van der Waals surface area contributed by atoms with Gasteiger partial charge in [0, 0.05) is 0 Å². The molecule has 0 atom stereocenters. The van der Waals surface area contributed by atoms with Crippen molar-refractivity contribution in [3.8, 4) is 0 Å². The SMILES string of the molecule is C1CCCCCC1.C1CCCCCC1.C1CCCCCC1.C1CCCCCC1.C1CCCCCC1.C1CCCCCC1.C1CCCCCC1.C1CCCCCC1.C1CCCCCC1.CC.CC.CC.CC.CC.CC. The van der Waals surface area contributed by atoms with Gasteiger partial charge in [-0.3, -0.25) is 0 Å². The third kappa shape index (κ3) is 96.7. The Kier molecular flexibility index (Phi) is 114. The third-order valence-electron chi connectivity index (χ3n) is 15.7. The summed E-state index contributed by atoms with van der Waals surface area (Å²) in [5, 5.41) is 0. The van der Waals surface area contributed by atoms with Crippen molar-refractivity contribution in [3.05, 3.63) is 0 Å². The normalized spacial score (nSPS) is 20.6. The second-order valence-electron chi connectivity index (χ2n) is 22.3. The van der Waals surface area contributed by atoms with E-state index in [0.29, 0.717) is 0 Å². The van der Waals surface area contributed by atoms with Crippen LogP contribution in [0, 0.1) is 0 Å². The van der Waals surface area contributed by atoms with Gasteiger partial charge in [-0.15, -0.1) is 0 Å². The molecule has 462 valence electrons. The van der Waals surface area contributed by atoms with Crippen molar-refractivity contribution in [1.29, 1.82) is 0 Å². The molecular weight excluding hydrogens is 901 g/mol. The Balaban J connectivity index is -0.000000174. The average molecular weight is 1060 g/mol. The van der Waals surface area contributed by atoms with Crippen LogP contribution in [0.25, 0.3) is 0 Å². The summed E-state index contributed by atoms with van der Waals surface area (Å²) in [7, 11) is 0. The summed E-state index contributed by atoms with van der Waals surface area (Å²) in [4.78, 5) is 0. The number of hydrogen-bond acceptors (Lipinski definition) is 0. The molecule has 0 aromatic carbocycles. The van der Waals surface area contributed by atoms with Gasteiger partial charge in [0.15, 0.2) is 0 Å². The monoisotopic (exact) mass is 1060 g/mol. The molecule has 9 rings (SSSR count). The van der Waals surface area contributed by atoms with E-state index in [2.05, 4.69) is 0 Å². The predicted octanol–water partition coefficient (Wildman–Crippen LogP) is 30.7. The molecular formula is C75H162. The van der Waals surface area contributed by atoms with E-state index < -0.39 is 0 Å². The first-order valence-corrected chi connectivity index (χ1v) is 37.5. The largest absolute Gasteiger partial charge is 0.0683 e. The zero-order valence-corrected chi connectivity index (χ0v) is 56.5. The molecule has 0 aromatic rings. The lowest BCUT2D eigenvalue weighted by Crippen LogP contribution is -1.66. The van der Waals surface area contributed by atoms with E-state index in [9.17, 15) is 0 Å². The maximum absolute atomic E-state index is 2.00. The van der Waals surface area contributed by atoms with Gasteiger partial charge in [-0.1, -0.05) is 488 Å². The first-order valence-electron chi connectivity index (χ1n) is 37.5. The summed E-state index contributed by atoms with van der Waals surface area (Å²) in [5.41, 5.74) is 0. The highest BCUT2D eigenvalue weighted by atomic mass is 14.1. The molecule has 0 nitrogen and oxygen atoms in total. The Hall–Kier alpha value is 0. The van der Waals surface area contributed by atoms with Gasteiger partial charge in [-0.25, -0.2) is 0 Å². The molecule has 0 radical (unpaired) electrons. The molecule has 0 aliphatic heterocycles. The fraction of sp³-hybridized carbons (Fsp3) is 1.00. The fourth-order valence-electron chi connectivity index (χ4n) is 11.1. The summed E-state index contributed by atoms with van der Waals surface area (Å²) in [6.45, 7) is 24.0. The van der Waals surface area contributed by atoms with Crippen molar-refractivity contribution in [1.82, 2.24) is 0 Å². The minimum atomic E-state index is 1.50. The van der Waals surface area contributed by atoms with Crippen LogP contribution in [0.15, 0.2) is 0 Å². The van der Waals surface area contributed by atoms with Gasteiger partial charge in [-0.2, -0.15) is 0 Å². The van der Waals surface area contributed by atoms with Gasteiger partial charge in [0.05, 0.1) is 0 Å². The van der Waals surface area contributed by atoms with Crippen LogP contribution in [0.3, 0.4) is 0 Å². The highest BCUT2D eigenvalue weighted by Crippen LogP contribution is 2.20. The number of hydrogen-bond donors (Lipinski definition) is 0. The Morgan fingerprint density at radius 2 is 0.0667 bits per heavy atom. The van der Waals surface area contributed by atoms with E-state index in [1.807, 2.05) is 83.1 Å². The van der Waals surface area contributed by atoms with Gasteiger partial charge >= 0.3 is 0 Å². The van der Waals surface area contributed by atoms with Crippen LogP contribution in [0.2, 0.25) is 0 Å². The lowest BCUT2D eigenvalue weighted by Gasteiger charge is -1.85. The Morgan fingerprint density at radius 1 is 0.0533 bits per heavy atom. The van der Waals surface area contributed by atoms with Crippen LogP contribution in [0.5, 0.6) is 0 Å². The lowest BCUT2D eigenvalue weighted by atomic mass is 10.2. The van der Waals surface area contributed by atoms with Crippen LogP contribution in [0.4, 0.5) is 0 Å². The van der Waals surface area contributed by atoms with Crippen LogP contribution < -0.4 is 0 Å². The Bertz CT molecular complexity index is 377. The minimum Gasteiger partial charge on any atom is -0.0683 e. The molecule has 75 heavy (non-hydrogen) atoms. The summed E-state index contributed by atoms with van der Waals surface area (Å²) >= 11 is 0. The summed E-state index contributed by atoms with van der Waals surface area (Å²) in [5.74, 6) is 0. The van der Waals surface area contributed by atoms with Crippen molar-refractivity contribution in [2.24, 2.45) is 0 Å². The first kappa shape index (κ1) is 86.3. The van der Waals surface area contributed by atoms with Crippen LogP contribution in [-0.2, 0) is 0 Å².